The lowest BCUT2D eigenvalue weighted by Gasteiger charge is -2.12. The fourth-order valence-corrected chi connectivity index (χ4v) is 2.45. The van der Waals surface area contributed by atoms with Crippen molar-refractivity contribution in [2.45, 2.75) is 27.2 Å². The molecule has 0 unspecified atom stereocenters. The minimum atomic E-state index is -0.433. The number of hydrazine groups is 1. The van der Waals surface area contributed by atoms with Crippen LogP contribution in [0.1, 0.15) is 36.7 Å². The molecule has 0 atom stereocenters. The number of rotatable bonds is 8. The van der Waals surface area contributed by atoms with Crippen molar-refractivity contribution < 1.29 is 19.1 Å². The van der Waals surface area contributed by atoms with Gasteiger partial charge in [0.2, 0.25) is 0 Å². The molecule has 0 spiro atoms. The van der Waals surface area contributed by atoms with Crippen LogP contribution in [0.25, 0.3) is 0 Å². The Morgan fingerprint density at radius 3 is 2.13 bits per heavy atom. The minimum Gasteiger partial charge on any atom is -0.493 e. The predicted octanol–water partition coefficient (Wildman–Crippen LogP) is 3.00. The highest BCUT2D eigenvalue weighted by Gasteiger charge is 2.09. The number of nitrogens with one attached hydrogen (secondary N) is 3. The number of ether oxygens (including phenoxy) is 2. The molecule has 8 heteroatoms. The molecule has 2 aromatic carbocycles. The summed E-state index contributed by atoms with van der Waals surface area (Å²) in [6.07, 6.45) is 0.934. The van der Waals surface area contributed by atoms with E-state index in [1.165, 1.54) is 5.56 Å². The van der Waals surface area contributed by atoms with Gasteiger partial charge in [-0.3, -0.25) is 25.8 Å². The second-order valence-electron chi connectivity index (χ2n) is 6.97. The first-order valence-corrected chi connectivity index (χ1v) is 10.1. The molecule has 2 aromatic rings. The molecule has 0 bridgehead atoms. The van der Waals surface area contributed by atoms with Crippen LogP contribution in [0, 0.1) is 5.92 Å². The molecule has 0 aliphatic carbocycles. The monoisotopic (exact) mass is 429 g/mol. The number of aryl methyl sites for hydroxylation is 1. The van der Waals surface area contributed by atoms with Crippen molar-refractivity contribution in [3.63, 3.8) is 0 Å². The van der Waals surface area contributed by atoms with Crippen LogP contribution in [0.15, 0.2) is 48.5 Å². The highest BCUT2D eigenvalue weighted by atomic mass is 32.1. The molecule has 0 aliphatic rings. The Morgan fingerprint density at radius 2 is 1.53 bits per heavy atom. The largest absolute Gasteiger partial charge is 0.493 e. The highest BCUT2D eigenvalue weighted by Crippen LogP contribution is 2.13. The molecule has 2 amide bonds. The first kappa shape index (κ1) is 23.2. The van der Waals surface area contributed by atoms with Crippen LogP contribution in [0.2, 0.25) is 0 Å². The highest BCUT2D eigenvalue weighted by molar-refractivity contribution is 7.80. The van der Waals surface area contributed by atoms with E-state index in [1.807, 2.05) is 24.3 Å². The fraction of sp³-hybridized carbons (Fsp3) is 0.318. The number of hydrogen-bond acceptors (Lipinski definition) is 5. The maximum atomic E-state index is 12.2. The van der Waals surface area contributed by atoms with Gasteiger partial charge in [0.25, 0.3) is 11.8 Å². The van der Waals surface area contributed by atoms with Gasteiger partial charge in [-0.05, 0) is 66.5 Å². The van der Waals surface area contributed by atoms with Crippen LogP contribution in [0.3, 0.4) is 0 Å². The van der Waals surface area contributed by atoms with E-state index in [4.69, 9.17) is 21.7 Å². The van der Waals surface area contributed by atoms with E-state index in [9.17, 15) is 9.59 Å². The van der Waals surface area contributed by atoms with Crippen LogP contribution >= 0.6 is 12.2 Å². The van der Waals surface area contributed by atoms with E-state index in [0.29, 0.717) is 29.6 Å². The quantitative estimate of drug-likeness (QED) is 0.442. The van der Waals surface area contributed by atoms with Crippen molar-refractivity contribution in [2.75, 3.05) is 13.2 Å². The van der Waals surface area contributed by atoms with Crippen molar-refractivity contribution in [2.24, 2.45) is 5.92 Å². The van der Waals surface area contributed by atoms with Gasteiger partial charge in [0, 0.05) is 5.56 Å². The van der Waals surface area contributed by atoms with Gasteiger partial charge in [0.1, 0.15) is 11.5 Å². The Labute approximate surface area is 182 Å². The lowest BCUT2D eigenvalue weighted by Crippen LogP contribution is -2.49. The maximum Gasteiger partial charge on any atom is 0.276 e. The van der Waals surface area contributed by atoms with Gasteiger partial charge in [-0.2, -0.15) is 0 Å². The molecule has 160 valence electrons. The molecule has 0 fully saturated rings. The zero-order valence-electron chi connectivity index (χ0n) is 17.4. The van der Waals surface area contributed by atoms with E-state index < -0.39 is 11.8 Å². The van der Waals surface area contributed by atoms with Gasteiger partial charge in [-0.25, -0.2) is 0 Å². The first-order chi connectivity index (χ1) is 14.4. The SMILES string of the molecule is CCc1ccc(OCC(=O)NNC(=S)NC(=O)c2ccc(OCC(C)C)cc2)cc1. The molecule has 0 heterocycles. The summed E-state index contributed by atoms with van der Waals surface area (Å²) < 4.78 is 11.0. The Balaban J connectivity index is 1.71. The van der Waals surface area contributed by atoms with Gasteiger partial charge in [0.15, 0.2) is 11.7 Å². The Hall–Kier alpha value is -3.13. The standard InChI is InChI=1S/C22H27N3O4S/c1-4-16-5-9-18(10-6-16)29-14-20(26)24-25-22(30)23-21(27)17-7-11-19(12-8-17)28-13-15(2)3/h5-12,15H,4,13-14H2,1-3H3,(H,24,26)(H2,23,25,27,30). The third-order valence-electron chi connectivity index (χ3n) is 3.94. The summed E-state index contributed by atoms with van der Waals surface area (Å²) in [5, 5.41) is 2.47. The first-order valence-electron chi connectivity index (χ1n) is 9.72. The summed E-state index contributed by atoms with van der Waals surface area (Å²) in [6, 6.07) is 14.2. The molecule has 0 saturated carbocycles. The molecule has 0 aromatic heterocycles. The molecular formula is C22H27N3O4S. The number of amides is 2. The molecule has 2 rings (SSSR count). The van der Waals surface area contributed by atoms with E-state index in [0.717, 1.165) is 6.42 Å². The Kier molecular flexibility index (Phi) is 9.08. The fourth-order valence-electron chi connectivity index (χ4n) is 2.30. The second kappa shape index (κ2) is 11.8. The third kappa shape index (κ3) is 8.08. The van der Waals surface area contributed by atoms with E-state index in [-0.39, 0.29) is 11.7 Å². The number of carbonyl (C=O) groups excluding carboxylic acids is 2. The van der Waals surface area contributed by atoms with Crippen LogP contribution in [0.5, 0.6) is 11.5 Å². The summed E-state index contributed by atoms with van der Waals surface area (Å²) in [6.45, 7) is 6.60. The average Bonchev–Trinajstić information content (AvgIpc) is 2.75. The summed E-state index contributed by atoms with van der Waals surface area (Å²) in [5.41, 5.74) is 6.46. The van der Waals surface area contributed by atoms with Crippen molar-refractivity contribution in [1.29, 1.82) is 0 Å². The summed E-state index contributed by atoms with van der Waals surface area (Å²) in [7, 11) is 0. The number of carbonyl (C=O) groups is 2. The van der Waals surface area contributed by atoms with Crippen LogP contribution in [-0.2, 0) is 11.2 Å². The van der Waals surface area contributed by atoms with E-state index >= 15 is 0 Å². The number of thiocarbonyl (C=S) groups is 1. The molecule has 0 radical (unpaired) electrons. The van der Waals surface area contributed by atoms with Crippen molar-refractivity contribution in [3.8, 4) is 11.5 Å². The molecule has 0 saturated heterocycles. The normalized spacial score (nSPS) is 10.3. The number of hydrogen-bond donors (Lipinski definition) is 3. The topological polar surface area (TPSA) is 88.7 Å². The second-order valence-corrected chi connectivity index (χ2v) is 7.38. The summed E-state index contributed by atoms with van der Waals surface area (Å²) in [5.74, 6) is 0.873. The van der Waals surface area contributed by atoms with Crippen molar-refractivity contribution in [1.82, 2.24) is 16.2 Å². The third-order valence-corrected chi connectivity index (χ3v) is 4.15. The van der Waals surface area contributed by atoms with E-state index in [2.05, 4.69) is 36.9 Å². The van der Waals surface area contributed by atoms with Gasteiger partial charge in [-0.1, -0.05) is 32.9 Å². The summed E-state index contributed by atoms with van der Waals surface area (Å²) in [4.78, 5) is 24.1. The molecule has 0 aliphatic heterocycles. The zero-order valence-corrected chi connectivity index (χ0v) is 18.2. The van der Waals surface area contributed by atoms with Crippen molar-refractivity contribution >= 4 is 29.1 Å². The molecule has 30 heavy (non-hydrogen) atoms. The molecule has 7 nitrogen and oxygen atoms in total. The lowest BCUT2D eigenvalue weighted by molar-refractivity contribution is -0.123. The molecule has 3 N–H and O–H groups in total. The summed E-state index contributed by atoms with van der Waals surface area (Å²) >= 11 is 5.03. The van der Waals surface area contributed by atoms with E-state index in [1.54, 1.807) is 24.3 Å². The van der Waals surface area contributed by atoms with Gasteiger partial charge in [-0.15, -0.1) is 0 Å². The number of benzene rings is 2. The lowest BCUT2D eigenvalue weighted by atomic mass is 10.2. The average molecular weight is 430 g/mol. The van der Waals surface area contributed by atoms with Crippen molar-refractivity contribution in [3.05, 3.63) is 59.7 Å². The van der Waals surface area contributed by atoms with Gasteiger partial charge in [0.05, 0.1) is 6.61 Å². The minimum absolute atomic E-state index is 0.0271. The zero-order chi connectivity index (χ0) is 21.9. The van der Waals surface area contributed by atoms with Gasteiger partial charge < -0.3 is 9.47 Å². The van der Waals surface area contributed by atoms with Crippen LogP contribution < -0.4 is 25.6 Å². The predicted molar refractivity (Wildman–Crippen MR) is 119 cm³/mol. The van der Waals surface area contributed by atoms with Crippen LogP contribution in [0.4, 0.5) is 0 Å². The molecular weight excluding hydrogens is 402 g/mol. The Bertz CT molecular complexity index is 852. The maximum absolute atomic E-state index is 12.2. The Morgan fingerprint density at radius 1 is 0.933 bits per heavy atom. The van der Waals surface area contributed by atoms with Crippen LogP contribution in [-0.4, -0.2) is 30.1 Å². The smallest absolute Gasteiger partial charge is 0.276 e. The van der Waals surface area contributed by atoms with Gasteiger partial charge >= 0.3 is 0 Å².